The molecule has 0 fully saturated rings. The highest BCUT2D eigenvalue weighted by atomic mass is 79.9. The first-order valence-electron chi connectivity index (χ1n) is 3.81. The van der Waals surface area contributed by atoms with Crippen LogP contribution < -0.4 is 0 Å². The highest BCUT2D eigenvalue weighted by Gasteiger charge is 2.10. The number of hydrogen-bond donors (Lipinski definition) is 1. The first kappa shape index (κ1) is 11.0. The molecule has 4 heteroatoms. The first-order valence-corrected chi connectivity index (χ1v) is 4.98. The summed E-state index contributed by atoms with van der Waals surface area (Å²) < 4.78 is 13.6. The van der Waals surface area contributed by atoms with Gasteiger partial charge in [0.15, 0.2) is 0 Å². The predicted molar refractivity (Wildman–Crippen MR) is 54.6 cm³/mol. The molecule has 0 spiro atoms. The summed E-state index contributed by atoms with van der Waals surface area (Å²) in [5.74, 6) is -0.547. The minimum absolute atomic E-state index is 0.00644. The van der Waals surface area contributed by atoms with Crippen LogP contribution in [0.5, 0.6) is 0 Å². The third kappa shape index (κ3) is 2.42. The van der Waals surface area contributed by atoms with Crippen molar-refractivity contribution in [3.05, 3.63) is 33.0 Å². The van der Waals surface area contributed by atoms with Crippen LogP contribution in [0.15, 0.2) is 16.6 Å². The first-order chi connectivity index (χ1) is 6.06. The normalized spacial score (nSPS) is 13.0. The number of benzene rings is 1. The van der Waals surface area contributed by atoms with E-state index in [9.17, 15) is 4.39 Å². The van der Waals surface area contributed by atoms with E-state index in [0.29, 0.717) is 4.47 Å². The number of hydrogen-bond acceptors (Lipinski definition) is 1. The third-order valence-corrected chi connectivity index (χ3v) is 3.09. The van der Waals surface area contributed by atoms with Gasteiger partial charge >= 0.3 is 0 Å². The SMILES string of the molecule is CC(CO)c1cc(F)c(Cl)c(Br)c1. The van der Waals surface area contributed by atoms with Crippen molar-refractivity contribution in [3.63, 3.8) is 0 Å². The average molecular weight is 268 g/mol. The van der Waals surface area contributed by atoms with Gasteiger partial charge in [0.2, 0.25) is 0 Å². The van der Waals surface area contributed by atoms with Gasteiger partial charge in [-0.05, 0) is 33.6 Å². The van der Waals surface area contributed by atoms with Gasteiger partial charge in [-0.1, -0.05) is 18.5 Å². The van der Waals surface area contributed by atoms with E-state index in [-0.39, 0.29) is 17.5 Å². The molecular formula is C9H9BrClFO. The summed E-state index contributed by atoms with van der Waals surface area (Å²) in [6, 6.07) is 3.06. The molecule has 72 valence electrons. The highest BCUT2D eigenvalue weighted by Crippen LogP contribution is 2.29. The Bertz CT molecular complexity index is 293. The molecule has 0 aromatic heterocycles. The van der Waals surface area contributed by atoms with E-state index in [2.05, 4.69) is 15.9 Å². The van der Waals surface area contributed by atoms with E-state index in [1.165, 1.54) is 6.07 Å². The van der Waals surface area contributed by atoms with E-state index in [0.717, 1.165) is 5.56 Å². The molecule has 1 atom stereocenters. The molecule has 1 unspecified atom stereocenters. The Kier molecular flexibility index (Phi) is 3.71. The van der Waals surface area contributed by atoms with Gasteiger partial charge in [0.1, 0.15) is 5.82 Å². The maximum Gasteiger partial charge on any atom is 0.143 e. The van der Waals surface area contributed by atoms with E-state index in [4.69, 9.17) is 16.7 Å². The smallest absolute Gasteiger partial charge is 0.143 e. The van der Waals surface area contributed by atoms with Gasteiger partial charge < -0.3 is 5.11 Å². The summed E-state index contributed by atoms with van der Waals surface area (Å²) in [4.78, 5) is 0. The van der Waals surface area contributed by atoms with E-state index in [1.54, 1.807) is 6.07 Å². The van der Waals surface area contributed by atoms with E-state index >= 15 is 0 Å². The summed E-state index contributed by atoms with van der Waals surface area (Å²) in [7, 11) is 0. The second kappa shape index (κ2) is 4.40. The van der Waals surface area contributed by atoms with Crippen molar-refractivity contribution in [2.24, 2.45) is 0 Å². The minimum atomic E-state index is -0.466. The topological polar surface area (TPSA) is 20.2 Å². The highest BCUT2D eigenvalue weighted by molar-refractivity contribution is 9.10. The van der Waals surface area contributed by atoms with Crippen LogP contribution in [0.2, 0.25) is 5.02 Å². The summed E-state index contributed by atoms with van der Waals surface area (Å²) in [6.45, 7) is 1.81. The Balaban J connectivity index is 3.13. The fourth-order valence-electron chi connectivity index (χ4n) is 0.965. The lowest BCUT2D eigenvalue weighted by Crippen LogP contribution is -1.99. The fourth-order valence-corrected chi connectivity index (χ4v) is 1.53. The van der Waals surface area contributed by atoms with Crippen LogP contribution in [-0.2, 0) is 0 Å². The Hall–Kier alpha value is -0.120. The van der Waals surface area contributed by atoms with Crippen molar-refractivity contribution in [2.45, 2.75) is 12.8 Å². The Morgan fingerprint density at radius 1 is 1.62 bits per heavy atom. The second-order valence-corrected chi connectivity index (χ2v) is 4.11. The van der Waals surface area contributed by atoms with Crippen molar-refractivity contribution < 1.29 is 9.50 Å². The van der Waals surface area contributed by atoms with Gasteiger partial charge in [-0.15, -0.1) is 0 Å². The standard InChI is InChI=1S/C9H9BrClFO/c1-5(4-13)6-2-7(10)9(11)8(12)3-6/h2-3,5,13H,4H2,1H3. The molecule has 1 nitrogen and oxygen atoms in total. The van der Waals surface area contributed by atoms with Crippen molar-refractivity contribution >= 4 is 27.5 Å². The summed E-state index contributed by atoms with van der Waals surface area (Å²) in [5, 5.41) is 8.95. The zero-order valence-corrected chi connectivity index (χ0v) is 9.36. The second-order valence-electron chi connectivity index (χ2n) is 2.88. The molecule has 0 heterocycles. The quantitative estimate of drug-likeness (QED) is 0.815. The summed E-state index contributed by atoms with van der Waals surface area (Å²) in [5.41, 5.74) is 0.733. The summed E-state index contributed by atoms with van der Waals surface area (Å²) in [6.07, 6.45) is 0. The van der Waals surface area contributed by atoms with E-state index < -0.39 is 5.82 Å². The van der Waals surface area contributed by atoms with Gasteiger partial charge in [0.25, 0.3) is 0 Å². The van der Waals surface area contributed by atoms with Gasteiger partial charge in [-0.3, -0.25) is 0 Å². The molecule has 0 bridgehead atoms. The van der Waals surface area contributed by atoms with Crippen LogP contribution >= 0.6 is 27.5 Å². The third-order valence-electron chi connectivity index (χ3n) is 1.85. The molecule has 0 aliphatic heterocycles. The van der Waals surface area contributed by atoms with Crippen LogP contribution in [0.4, 0.5) is 4.39 Å². The van der Waals surface area contributed by atoms with Gasteiger partial charge in [-0.2, -0.15) is 0 Å². The van der Waals surface area contributed by atoms with Crippen molar-refractivity contribution in [1.82, 2.24) is 0 Å². The average Bonchev–Trinajstić information content (AvgIpc) is 2.12. The number of halogens is 3. The van der Waals surface area contributed by atoms with Crippen LogP contribution in [0.1, 0.15) is 18.4 Å². The van der Waals surface area contributed by atoms with Gasteiger partial charge in [0.05, 0.1) is 5.02 Å². The molecule has 1 rings (SSSR count). The molecule has 1 aromatic carbocycles. The van der Waals surface area contributed by atoms with E-state index in [1.807, 2.05) is 6.92 Å². The number of rotatable bonds is 2. The van der Waals surface area contributed by atoms with Crippen molar-refractivity contribution in [2.75, 3.05) is 6.61 Å². The Morgan fingerprint density at radius 2 is 2.23 bits per heavy atom. The molecule has 13 heavy (non-hydrogen) atoms. The molecule has 0 radical (unpaired) electrons. The lowest BCUT2D eigenvalue weighted by molar-refractivity contribution is 0.273. The largest absolute Gasteiger partial charge is 0.396 e. The lowest BCUT2D eigenvalue weighted by atomic mass is 10.0. The summed E-state index contributed by atoms with van der Waals surface area (Å²) >= 11 is 8.75. The van der Waals surface area contributed by atoms with Crippen LogP contribution in [0, 0.1) is 5.82 Å². The van der Waals surface area contributed by atoms with Gasteiger partial charge in [0, 0.05) is 17.0 Å². The molecule has 1 N–H and O–H groups in total. The molecule has 0 amide bonds. The lowest BCUT2D eigenvalue weighted by Gasteiger charge is -2.09. The molecule has 0 saturated heterocycles. The van der Waals surface area contributed by atoms with Gasteiger partial charge in [-0.25, -0.2) is 4.39 Å². The van der Waals surface area contributed by atoms with Crippen LogP contribution in [0.3, 0.4) is 0 Å². The monoisotopic (exact) mass is 266 g/mol. The molecule has 0 aliphatic rings. The molecule has 0 saturated carbocycles. The predicted octanol–water partition coefficient (Wildman–Crippen LogP) is 3.34. The zero-order chi connectivity index (χ0) is 10.0. The van der Waals surface area contributed by atoms with Crippen molar-refractivity contribution in [3.8, 4) is 0 Å². The maximum absolute atomic E-state index is 13.1. The zero-order valence-electron chi connectivity index (χ0n) is 7.02. The maximum atomic E-state index is 13.1. The molecule has 1 aromatic rings. The fraction of sp³-hybridized carbons (Fsp3) is 0.333. The van der Waals surface area contributed by atoms with Crippen LogP contribution in [-0.4, -0.2) is 11.7 Å². The number of aliphatic hydroxyl groups is 1. The Labute approximate surface area is 89.7 Å². The van der Waals surface area contributed by atoms with Crippen molar-refractivity contribution in [1.29, 1.82) is 0 Å². The Morgan fingerprint density at radius 3 is 2.69 bits per heavy atom. The van der Waals surface area contributed by atoms with Crippen LogP contribution in [0.25, 0.3) is 0 Å². The molecule has 0 aliphatic carbocycles. The molecular weight excluding hydrogens is 258 g/mol. The minimum Gasteiger partial charge on any atom is -0.396 e. The number of aliphatic hydroxyl groups excluding tert-OH is 1.